The lowest BCUT2D eigenvalue weighted by Crippen LogP contribution is -2.30. The van der Waals surface area contributed by atoms with Crippen LogP contribution in [0, 0.1) is 17.8 Å². The van der Waals surface area contributed by atoms with Crippen LogP contribution in [-0.2, 0) is 65.4 Å². The quantitative estimate of drug-likeness (QED) is 0.0222. The standard InChI is InChI=1S/C77H150O17P2/c1-8-10-11-12-13-14-15-16-17-18-19-20-21-22-23-28-31-37-46-53-60-76(81)93-72(64-87-74(79)58-51-44-36-30-27-25-24-26-29-34-41-48-55-68(3)4)66-91-95(83,84)89-62-71(78)63-90-96(85,86)92-67-73(65-88-75(80)59-52-45-40-39-42-49-56-69(5)6)94-77(82)61-54-47-38-33-32-35-43-50-57-70(7)9-2/h68-73,78H,8-67H2,1-7H3,(H,83,84)(H,85,86)/t70?,71-,72-,73-/m1/s1. The molecule has 0 radical (unpaired) electrons. The monoisotopic (exact) mass is 1410 g/mol. The molecule has 0 aromatic heterocycles. The number of aliphatic hydroxyl groups excluding tert-OH is 1. The molecule has 0 aliphatic carbocycles. The van der Waals surface area contributed by atoms with Gasteiger partial charge in [0, 0.05) is 25.7 Å². The molecule has 6 atom stereocenters. The number of ether oxygens (including phenoxy) is 4. The van der Waals surface area contributed by atoms with Gasteiger partial charge >= 0.3 is 39.5 Å². The number of carbonyl (C=O) groups excluding carboxylic acids is 4. The molecule has 0 aromatic rings. The van der Waals surface area contributed by atoms with Crippen molar-refractivity contribution in [2.24, 2.45) is 17.8 Å². The van der Waals surface area contributed by atoms with E-state index in [1.54, 1.807) is 0 Å². The van der Waals surface area contributed by atoms with Gasteiger partial charge in [0.25, 0.3) is 0 Å². The second kappa shape index (κ2) is 67.5. The van der Waals surface area contributed by atoms with E-state index in [1.807, 2.05) is 0 Å². The van der Waals surface area contributed by atoms with Crippen molar-refractivity contribution in [3.8, 4) is 0 Å². The van der Waals surface area contributed by atoms with Gasteiger partial charge in [0.2, 0.25) is 0 Å². The highest BCUT2D eigenvalue weighted by Crippen LogP contribution is 2.45. The van der Waals surface area contributed by atoms with Gasteiger partial charge in [-0.05, 0) is 43.4 Å². The van der Waals surface area contributed by atoms with Crippen molar-refractivity contribution in [1.82, 2.24) is 0 Å². The van der Waals surface area contributed by atoms with Crippen molar-refractivity contribution in [3.63, 3.8) is 0 Å². The summed E-state index contributed by atoms with van der Waals surface area (Å²) < 4.78 is 68.5. The SMILES string of the molecule is CCCCCCCCCCCCCCCCCCCCCCC(=O)O[C@H](COC(=O)CCCCCCCCCCCCCCC(C)C)COP(=O)(O)OC[C@@H](O)COP(=O)(O)OC[C@@H](COC(=O)CCCCCCCCC(C)C)OC(=O)CCCCCCCCCCC(C)CC. The maximum Gasteiger partial charge on any atom is 0.472 e. The van der Waals surface area contributed by atoms with E-state index in [1.165, 1.54) is 199 Å². The third kappa shape index (κ3) is 69.2. The van der Waals surface area contributed by atoms with E-state index in [2.05, 4.69) is 48.5 Å². The fraction of sp³-hybridized carbons (Fsp3) is 0.948. The van der Waals surface area contributed by atoms with Crippen LogP contribution in [0.1, 0.15) is 395 Å². The molecule has 0 aromatic carbocycles. The van der Waals surface area contributed by atoms with E-state index >= 15 is 0 Å². The summed E-state index contributed by atoms with van der Waals surface area (Å²) in [6.07, 6.45) is 54.3. The molecule has 0 heterocycles. The van der Waals surface area contributed by atoms with Crippen molar-refractivity contribution in [1.29, 1.82) is 0 Å². The molecule has 0 rings (SSSR count). The zero-order valence-corrected chi connectivity index (χ0v) is 64.6. The van der Waals surface area contributed by atoms with E-state index in [4.69, 9.17) is 37.0 Å². The van der Waals surface area contributed by atoms with E-state index in [0.29, 0.717) is 31.6 Å². The third-order valence-corrected chi connectivity index (χ3v) is 20.1. The van der Waals surface area contributed by atoms with Gasteiger partial charge in [-0.1, -0.05) is 344 Å². The Bertz CT molecular complexity index is 1870. The third-order valence-electron chi connectivity index (χ3n) is 18.2. The summed E-state index contributed by atoms with van der Waals surface area (Å²) in [4.78, 5) is 72.8. The van der Waals surface area contributed by atoms with Crippen LogP contribution in [0.3, 0.4) is 0 Å². The summed E-state index contributed by atoms with van der Waals surface area (Å²) in [7, 11) is -9.91. The van der Waals surface area contributed by atoms with Crippen LogP contribution in [0.25, 0.3) is 0 Å². The number of esters is 4. The Balaban J connectivity index is 5.22. The lowest BCUT2D eigenvalue weighted by Gasteiger charge is -2.21. The Hall–Kier alpha value is -1.94. The molecular formula is C77H150O17P2. The number of unbranched alkanes of at least 4 members (excludes halogenated alkanes) is 42. The summed E-state index contributed by atoms with van der Waals surface area (Å²) in [5.41, 5.74) is 0. The number of rotatable bonds is 75. The van der Waals surface area contributed by atoms with Gasteiger partial charge in [-0.15, -0.1) is 0 Å². The first-order valence-corrected chi connectivity index (χ1v) is 42.9. The first-order valence-electron chi connectivity index (χ1n) is 39.9. The molecule has 0 amide bonds. The second-order valence-corrected chi connectivity index (χ2v) is 31.8. The smallest absolute Gasteiger partial charge is 0.462 e. The fourth-order valence-corrected chi connectivity index (χ4v) is 13.3. The van der Waals surface area contributed by atoms with Crippen LogP contribution >= 0.6 is 15.6 Å². The van der Waals surface area contributed by atoms with Gasteiger partial charge in [-0.3, -0.25) is 37.3 Å². The van der Waals surface area contributed by atoms with Gasteiger partial charge in [0.1, 0.15) is 19.3 Å². The highest BCUT2D eigenvalue weighted by molar-refractivity contribution is 7.47. The summed E-state index contributed by atoms with van der Waals surface area (Å²) in [5, 5.41) is 10.6. The van der Waals surface area contributed by atoms with E-state index < -0.39 is 97.5 Å². The normalized spacial score (nSPS) is 14.3. The molecule has 3 unspecified atom stereocenters. The Labute approximate surface area is 588 Å². The van der Waals surface area contributed by atoms with Gasteiger partial charge < -0.3 is 33.8 Å². The summed E-state index contributed by atoms with van der Waals surface area (Å²) >= 11 is 0. The Morgan fingerprint density at radius 1 is 0.302 bits per heavy atom. The molecule has 3 N–H and O–H groups in total. The molecule has 0 saturated heterocycles. The Kier molecular flexibility index (Phi) is 66.2. The van der Waals surface area contributed by atoms with Gasteiger partial charge in [0.05, 0.1) is 26.4 Å². The van der Waals surface area contributed by atoms with E-state index in [9.17, 15) is 43.2 Å². The fourth-order valence-electron chi connectivity index (χ4n) is 11.7. The summed E-state index contributed by atoms with van der Waals surface area (Å²) in [6, 6.07) is 0. The van der Waals surface area contributed by atoms with Crippen molar-refractivity contribution in [3.05, 3.63) is 0 Å². The number of aliphatic hydroxyl groups is 1. The number of phosphoric ester groups is 2. The number of hydrogen-bond donors (Lipinski definition) is 3. The van der Waals surface area contributed by atoms with E-state index in [0.717, 1.165) is 108 Å². The topological polar surface area (TPSA) is 237 Å². The van der Waals surface area contributed by atoms with Gasteiger partial charge in [-0.25, -0.2) is 9.13 Å². The average Bonchev–Trinajstić information content (AvgIpc) is 1.33. The van der Waals surface area contributed by atoms with Crippen molar-refractivity contribution in [2.75, 3.05) is 39.6 Å². The molecule has 0 fully saturated rings. The van der Waals surface area contributed by atoms with Crippen LogP contribution in [0.2, 0.25) is 0 Å². The summed E-state index contributed by atoms with van der Waals surface area (Å²) in [6.45, 7) is 11.8. The minimum Gasteiger partial charge on any atom is -0.462 e. The zero-order valence-electron chi connectivity index (χ0n) is 62.8. The molecule has 0 saturated carbocycles. The predicted molar refractivity (Wildman–Crippen MR) is 391 cm³/mol. The minimum atomic E-state index is -4.96. The molecule has 17 nitrogen and oxygen atoms in total. The van der Waals surface area contributed by atoms with Crippen LogP contribution < -0.4 is 0 Å². The highest BCUT2D eigenvalue weighted by atomic mass is 31.2. The van der Waals surface area contributed by atoms with Gasteiger partial charge in [-0.2, -0.15) is 0 Å². The zero-order chi connectivity index (χ0) is 70.9. The number of carbonyl (C=O) groups is 4. The largest absolute Gasteiger partial charge is 0.472 e. The maximum absolute atomic E-state index is 13.1. The highest BCUT2D eigenvalue weighted by Gasteiger charge is 2.30. The lowest BCUT2D eigenvalue weighted by atomic mass is 9.99. The van der Waals surface area contributed by atoms with E-state index in [-0.39, 0.29) is 25.7 Å². The van der Waals surface area contributed by atoms with Crippen LogP contribution in [0.15, 0.2) is 0 Å². The Morgan fingerprint density at radius 3 is 0.792 bits per heavy atom. The lowest BCUT2D eigenvalue weighted by molar-refractivity contribution is -0.161. The van der Waals surface area contributed by atoms with Crippen LogP contribution in [0.4, 0.5) is 0 Å². The van der Waals surface area contributed by atoms with Crippen molar-refractivity contribution < 1.29 is 80.2 Å². The molecule has 19 heteroatoms. The molecular weight excluding hydrogens is 1260 g/mol. The molecule has 570 valence electrons. The number of phosphoric acid groups is 2. The molecule has 0 aliphatic rings. The molecule has 0 bridgehead atoms. The molecule has 0 aliphatic heterocycles. The van der Waals surface area contributed by atoms with Crippen molar-refractivity contribution >= 4 is 39.5 Å². The second-order valence-electron chi connectivity index (χ2n) is 28.9. The first-order chi connectivity index (χ1) is 46.3. The minimum absolute atomic E-state index is 0.104. The number of hydrogen-bond acceptors (Lipinski definition) is 15. The van der Waals surface area contributed by atoms with Crippen LogP contribution in [-0.4, -0.2) is 96.7 Å². The molecule has 96 heavy (non-hydrogen) atoms. The average molecular weight is 1410 g/mol. The molecule has 0 spiro atoms. The van der Waals surface area contributed by atoms with Crippen LogP contribution in [0.5, 0.6) is 0 Å². The van der Waals surface area contributed by atoms with Gasteiger partial charge in [0.15, 0.2) is 12.2 Å². The summed E-state index contributed by atoms with van der Waals surface area (Å²) in [5.74, 6) is 0.110. The van der Waals surface area contributed by atoms with Crippen molar-refractivity contribution in [2.45, 2.75) is 414 Å². The first kappa shape index (κ1) is 94.1. The Morgan fingerprint density at radius 2 is 0.531 bits per heavy atom. The predicted octanol–water partition coefficient (Wildman–Crippen LogP) is 22.6. The maximum atomic E-state index is 13.1.